The highest BCUT2D eigenvalue weighted by Gasteiger charge is 2.17. The Morgan fingerprint density at radius 2 is 2.00 bits per heavy atom. The number of halogens is 2. The maximum Gasteiger partial charge on any atom is 0.275 e. The predicted molar refractivity (Wildman–Crippen MR) is 90.6 cm³/mol. The number of carbonyl (C=O) groups is 1. The molecule has 0 fully saturated rings. The fraction of sp³-hybridized carbons (Fsp3) is 0.167. The van der Waals surface area contributed by atoms with Gasteiger partial charge in [0.15, 0.2) is 0 Å². The molecule has 3 heterocycles. The van der Waals surface area contributed by atoms with Crippen LogP contribution in [0.5, 0.6) is 11.5 Å². The number of pyridine rings is 2. The molecule has 0 radical (unpaired) electrons. The van der Waals surface area contributed by atoms with Gasteiger partial charge >= 0.3 is 0 Å². The standard InChI is InChI=1S/C18H16F2N4O2/c1-10-5-13(26-14-6-12(19)8-21-9-14)7-16(22-10)18(25)24-17-4-3-15(20)11(2)23-17/h3-9,11,23H,1-2H3,(H,24,25). The van der Waals surface area contributed by atoms with Crippen LogP contribution in [0.25, 0.3) is 0 Å². The van der Waals surface area contributed by atoms with Gasteiger partial charge in [-0.2, -0.15) is 0 Å². The third-order valence-corrected chi connectivity index (χ3v) is 3.52. The number of hydrogen-bond acceptors (Lipinski definition) is 5. The quantitative estimate of drug-likeness (QED) is 0.878. The summed E-state index contributed by atoms with van der Waals surface area (Å²) in [6, 6.07) is 3.69. The molecule has 0 aliphatic carbocycles. The summed E-state index contributed by atoms with van der Waals surface area (Å²) in [5, 5.41) is 5.44. The van der Waals surface area contributed by atoms with Gasteiger partial charge in [0, 0.05) is 23.9 Å². The van der Waals surface area contributed by atoms with E-state index in [0.29, 0.717) is 17.3 Å². The van der Waals surface area contributed by atoms with E-state index in [9.17, 15) is 13.6 Å². The Balaban J connectivity index is 1.78. The molecule has 134 valence electrons. The van der Waals surface area contributed by atoms with Gasteiger partial charge in [0.05, 0.1) is 18.4 Å². The topological polar surface area (TPSA) is 76.1 Å². The van der Waals surface area contributed by atoms with Crippen molar-refractivity contribution in [2.24, 2.45) is 0 Å². The summed E-state index contributed by atoms with van der Waals surface area (Å²) in [5.74, 6) is -0.457. The Labute approximate surface area is 148 Å². The smallest absolute Gasteiger partial charge is 0.275 e. The van der Waals surface area contributed by atoms with E-state index >= 15 is 0 Å². The minimum Gasteiger partial charge on any atom is -0.455 e. The number of aryl methyl sites for hydroxylation is 1. The summed E-state index contributed by atoms with van der Waals surface area (Å²) in [5.41, 5.74) is 0.650. The van der Waals surface area contributed by atoms with E-state index in [4.69, 9.17) is 4.74 Å². The lowest BCUT2D eigenvalue weighted by atomic mass is 10.2. The molecule has 8 heteroatoms. The van der Waals surface area contributed by atoms with Crippen LogP contribution in [0.15, 0.2) is 54.4 Å². The van der Waals surface area contributed by atoms with Crippen molar-refractivity contribution in [2.45, 2.75) is 19.9 Å². The molecule has 1 aliphatic heterocycles. The lowest BCUT2D eigenvalue weighted by Gasteiger charge is -2.20. The van der Waals surface area contributed by atoms with Crippen LogP contribution in [0.2, 0.25) is 0 Å². The van der Waals surface area contributed by atoms with Gasteiger partial charge in [0.1, 0.15) is 34.7 Å². The first-order chi connectivity index (χ1) is 12.4. The Bertz CT molecular complexity index is 912. The second kappa shape index (κ2) is 7.30. The Kier molecular flexibility index (Phi) is 4.92. The van der Waals surface area contributed by atoms with Crippen LogP contribution in [0.4, 0.5) is 8.78 Å². The van der Waals surface area contributed by atoms with Crippen molar-refractivity contribution >= 4 is 5.91 Å². The summed E-state index contributed by atoms with van der Waals surface area (Å²) in [6.07, 6.45) is 5.13. The second-order valence-electron chi connectivity index (χ2n) is 5.72. The fourth-order valence-corrected chi connectivity index (χ4v) is 2.32. The average molecular weight is 358 g/mol. The number of aromatic nitrogens is 2. The molecule has 2 aromatic heterocycles. The molecular formula is C18H16F2N4O2. The summed E-state index contributed by atoms with van der Waals surface area (Å²) in [4.78, 5) is 20.3. The first-order valence-electron chi connectivity index (χ1n) is 7.83. The minimum atomic E-state index is -0.532. The number of carbonyl (C=O) groups excluding carboxylic acids is 1. The average Bonchev–Trinajstić information content (AvgIpc) is 2.57. The van der Waals surface area contributed by atoms with Crippen molar-refractivity contribution in [1.82, 2.24) is 20.6 Å². The van der Waals surface area contributed by atoms with Gasteiger partial charge in [-0.3, -0.25) is 9.78 Å². The van der Waals surface area contributed by atoms with E-state index in [2.05, 4.69) is 20.6 Å². The van der Waals surface area contributed by atoms with Crippen LogP contribution in [-0.4, -0.2) is 21.9 Å². The molecule has 1 amide bonds. The number of allylic oxidation sites excluding steroid dienone is 2. The zero-order valence-corrected chi connectivity index (χ0v) is 14.1. The van der Waals surface area contributed by atoms with Crippen molar-refractivity contribution in [3.63, 3.8) is 0 Å². The Morgan fingerprint density at radius 1 is 1.19 bits per heavy atom. The second-order valence-corrected chi connectivity index (χ2v) is 5.72. The van der Waals surface area contributed by atoms with Crippen molar-refractivity contribution in [1.29, 1.82) is 0 Å². The zero-order valence-electron chi connectivity index (χ0n) is 14.1. The van der Waals surface area contributed by atoms with Gasteiger partial charge in [-0.05, 0) is 26.0 Å². The monoisotopic (exact) mass is 358 g/mol. The van der Waals surface area contributed by atoms with Crippen LogP contribution >= 0.6 is 0 Å². The summed E-state index contributed by atoms with van der Waals surface area (Å²) < 4.78 is 32.1. The molecule has 0 saturated heterocycles. The first-order valence-corrected chi connectivity index (χ1v) is 7.83. The van der Waals surface area contributed by atoms with Crippen molar-refractivity contribution in [2.75, 3.05) is 0 Å². The summed E-state index contributed by atoms with van der Waals surface area (Å²) >= 11 is 0. The number of ether oxygens (including phenoxy) is 1. The van der Waals surface area contributed by atoms with E-state index < -0.39 is 17.8 Å². The molecule has 2 aromatic rings. The molecule has 26 heavy (non-hydrogen) atoms. The van der Waals surface area contributed by atoms with Crippen molar-refractivity contribution in [3.05, 3.63) is 71.6 Å². The summed E-state index contributed by atoms with van der Waals surface area (Å²) in [6.45, 7) is 3.33. The highest BCUT2D eigenvalue weighted by atomic mass is 19.1. The third-order valence-electron chi connectivity index (χ3n) is 3.52. The van der Waals surface area contributed by atoms with E-state index in [1.165, 1.54) is 30.5 Å². The molecule has 1 unspecified atom stereocenters. The fourth-order valence-electron chi connectivity index (χ4n) is 2.32. The van der Waals surface area contributed by atoms with Crippen LogP contribution in [0.3, 0.4) is 0 Å². The highest BCUT2D eigenvalue weighted by Crippen LogP contribution is 2.22. The van der Waals surface area contributed by atoms with E-state index in [0.717, 1.165) is 6.20 Å². The Hall–Kier alpha value is -3.29. The molecule has 2 N–H and O–H groups in total. The maximum atomic E-state index is 13.3. The molecule has 0 saturated carbocycles. The van der Waals surface area contributed by atoms with Gasteiger partial charge in [-0.15, -0.1) is 0 Å². The number of nitrogens with one attached hydrogen (secondary N) is 2. The predicted octanol–water partition coefficient (Wildman–Crippen LogP) is 3.13. The SMILES string of the molecule is Cc1cc(Oc2cncc(F)c2)cc(C(=O)NC2=CC=C(F)C(C)N2)n1. The molecule has 0 bridgehead atoms. The van der Waals surface area contributed by atoms with E-state index in [1.54, 1.807) is 19.9 Å². The maximum absolute atomic E-state index is 13.3. The molecule has 0 aromatic carbocycles. The number of amides is 1. The van der Waals surface area contributed by atoms with Crippen LogP contribution in [0, 0.1) is 12.7 Å². The van der Waals surface area contributed by atoms with Crippen LogP contribution < -0.4 is 15.4 Å². The Morgan fingerprint density at radius 3 is 2.73 bits per heavy atom. The lowest BCUT2D eigenvalue weighted by Crippen LogP contribution is -2.38. The lowest BCUT2D eigenvalue weighted by molar-refractivity contribution is 0.0957. The molecule has 1 aliphatic rings. The molecule has 6 nitrogen and oxygen atoms in total. The van der Waals surface area contributed by atoms with E-state index in [-0.39, 0.29) is 17.3 Å². The summed E-state index contributed by atoms with van der Waals surface area (Å²) in [7, 11) is 0. The number of dihydropyridines is 1. The molecule has 0 spiro atoms. The van der Waals surface area contributed by atoms with Gasteiger partial charge in [0.25, 0.3) is 5.91 Å². The largest absolute Gasteiger partial charge is 0.455 e. The van der Waals surface area contributed by atoms with Crippen molar-refractivity contribution < 1.29 is 18.3 Å². The van der Waals surface area contributed by atoms with Gasteiger partial charge < -0.3 is 15.4 Å². The van der Waals surface area contributed by atoms with Crippen LogP contribution in [-0.2, 0) is 0 Å². The zero-order chi connectivity index (χ0) is 18.7. The van der Waals surface area contributed by atoms with Gasteiger partial charge in [-0.25, -0.2) is 13.8 Å². The third kappa shape index (κ3) is 4.21. The normalized spacial score (nSPS) is 16.2. The minimum absolute atomic E-state index is 0.106. The van der Waals surface area contributed by atoms with Gasteiger partial charge in [0.2, 0.25) is 0 Å². The van der Waals surface area contributed by atoms with Gasteiger partial charge in [-0.1, -0.05) is 0 Å². The van der Waals surface area contributed by atoms with E-state index in [1.807, 2.05) is 0 Å². The number of nitrogens with zero attached hydrogens (tertiary/aromatic N) is 2. The van der Waals surface area contributed by atoms with Crippen molar-refractivity contribution in [3.8, 4) is 11.5 Å². The molecule has 1 atom stereocenters. The highest BCUT2D eigenvalue weighted by molar-refractivity contribution is 5.93. The molecule has 3 rings (SSSR count). The van der Waals surface area contributed by atoms with Crippen LogP contribution in [0.1, 0.15) is 23.1 Å². The molecular weight excluding hydrogens is 342 g/mol. The number of rotatable bonds is 4. The first kappa shape index (κ1) is 17.5. The number of hydrogen-bond donors (Lipinski definition) is 2.